The molecular formula is C21H23BrN2O3. The number of nitrogens with zero attached hydrogens (tertiary/aromatic N) is 2. The second-order valence-electron chi connectivity index (χ2n) is 7.04. The Balaban J connectivity index is 2.18. The summed E-state index contributed by atoms with van der Waals surface area (Å²) in [7, 11) is 0. The Morgan fingerprint density at radius 1 is 1.11 bits per heavy atom. The molecule has 1 heterocycles. The van der Waals surface area contributed by atoms with Crippen molar-refractivity contribution >= 4 is 39.3 Å². The van der Waals surface area contributed by atoms with Crippen LogP contribution in [0, 0.1) is 20.8 Å². The van der Waals surface area contributed by atoms with Gasteiger partial charge in [0.05, 0.1) is 23.0 Å². The molecule has 1 aliphatic heterocycles. The number of fused-ring (bicyclic) bond motifs is 1. The lowest BCUT2D eigenvalue weighted by atomic mass is 9.99. The number of benzene rings is 2. The molecule has 1 aliphatic rings. The molecule has 0 saturated heterocycles. The first-order chi connectivity index (χ1) is 12.7. The largest absolute Gasteiger partial charge is 0.465 e. The van der Waals surface area contributed by atoms with Gasteiger partial charge in [0.25, 0.3) is 5.91 Å². The van der Waals surface area contributed by atoms with Crippen LogP contribution in [-0.4, -0.2) is 29.7 Å². The van der Waals surface area contributed by atoms with Gasteiger partial charge in [-0.25, -0.2) is 4.79 Å². The molecule has 3 rings (SSSR count). The van der Waals surface area contributed by atoms with Crippen molar-refractivity contribution in [2.24, 2.45) is 0 Å². The number of carboxylic acid groups (broad SMARTS) is 1. The van der Waals surface area contributed by atoms with Crippen LogP contribution in [-0.2, 0) is 0 Å². The van der Waals surface area contributed by atoms with Gasteiger partial charge in [-0.05, 0) is 78.5 Å². The summed E-state index contributed by atoms with van der Waals surface area (Å²) in [6.07, 6.45) is -0.368. The topological polar surface area (TPSA) is 60.9 Å². The van der Waals surface area contributed by atoms with Crippen LogP contribution in [0.2, 0.25) is 0 Å². The van der Waals surface area contributed by atoms with Gasteiger partial charge in [0, 0.05) is 11.0 Å². The van der Waals surface area contributed by atoms with Gasteiger partial charge in [-0.15, -0.1) is 0 Å². The van der Waals surface area contributed by atoms with Crippen LogP contribution in [0.3, 0.4) is 0 Å². The fourth-order valence-electron chi connectivity index (χ4n) is 3.49. The lowest BCUT2D eigenvalue weighted by Gasteiger charge is -2.41. The molecule has 2 aromatic rings. The Labute approximate surface area is 167 Å². The van der Waals surface area contributed by atoms with Crippen LogP contribution in [0.5, 0.6) is 0 Å². The zero-order valence-corrected chi connectivity index (χ0v) is 17.5. The van der Waals surface area contributed by atoms with Crippen LogP contribution < -0.4 is 9.80 Å². The average Bonchev–Trinajstić information content (AvgIpc) is 2.62. The highest BCUT2D eigenvalue weighted by molar-refractivity contribution is 9.10. The molecule has 0 bridgehead atoms. The van der Waals surface area contributed by atoms with E-state index in [9.17, 15) is 14.7 Å². The number of hydrogen-bond acceptors (Lipinski definition) is 2. The lowest BCUT2D eigenvalue weighted by Crippen LogP contribution is -2.52. The number of hydrogen-bond donors (Lipinski definition) is 1. The SMILES string of the molecule is CCC1CN(C(=O)c2cc(C)ccc2Br)c2cc(C)c(C)cc2N1C(=O)O. The Morgan fingerprint density at radius 2 is 1.74 bits per heavy atom. The molecule has 0 fully saturated rings. The summed E-state index contributed by atoms with van der Waals surface area (Å²) in [4.78, 5) is 28.5. The molecule has 0 spiro atoms. The van der Waals surface area contributed by atoms with Crippen molar-refractivity contribution in [3.05, 3.63) is 57.1 Å². The molecule has 2 aromatic carbocycles. The maximum Gasteiger partial charge on any atom is 0.412 e. The minimum Gasteiger partial charge on any atom is -0.465 e. The Kier molecular flexibility index (Phi) is 5.29. The molecule has 2 amide bonds. The van der Waals surface area contributed by atoms with Gasteiger partial charge in [-0.3, -0.25) is 9.69 Å². The lowest BCUT2D eigenvalue weighted by molar-refractivity contribution is 0.0981. The molecule has 0 saturated carbocycles. The van der Waals surface area contributed by atoms with Crippen LogP contribution >= 0.6 is 15.9 Å². The molecule has 0 aromatic heterocycles. The molecule has 0 radical (unpaired) electrons. The quantitative estimate of drug-likeness (QED) is 0.702. The minimum absolute atomic E-state index is 0.126. The molecule has 5 nitrogen and oxygen atoms in total. The Hall–Kier alpha value is -2.34. The highest BCUT2D eigenvalue weighted by Gasteiger charge is 2.37. The molecule has 1 N–H and O–H groups in total. The molecule has 6 heteroatoms. The number of carbonyl (C=O) groups excluding carboxylic acids is 1. The fourth-order valence-corrected chi connectivity index (χ4v) is 3.91. The van der Waals surface area contributed by atoms with E-state index in [0.717, 1.165) is 21.2 Å². The molecule has 1 atom stereocenters. The summed E-state index contributed by atoms with van der Waals surface area (Å²) < 4.78 is 0.734. The predicted molar refractivity (Wildman–Crippen MR) is 111 cm³/mol. The summed E-state index contributed by atoms with van der Waals surface area (Å²) >= 11 is 3.48. The third-order valence-electron chi connectivity index (χ3n) is 5.17. The van der Waals surface area contributed by atoms with Crippen molar-refractivity contribution in [1.29, 1.82) is 0 Å². The smallest absolute Gasteiger partial charge is 0.412 e. The maximum absolute atomic E-state index is 13.4. The molecular weight excluding hydrogens is 408 g/mol. The van der Waals surface area contributed by atoms with E-state index in [0.29, 0.717) is 29.9 Å². The van der Waals surface area contributed by atoms with Gasteiger partial charge in [-0.2, -0.15) is 0 Å². The molecule has 1 unspecified atom stereocenters. The second-order valence-corrected chi connectivity index (χ2v) is 7.89. The van der Waals surface area contributed by atoms with Crippen LogP contribution in [0.25, 0.3) is 0 Å². The number of rotatable bonds is 2. The number of halogens is 1. The number of amides is 2. The monoisotopic (exact) mass is 430 g/mol. The highest BCUT2D eigenvalue weighted by atomic mass is 79.9. The van der Waals surface area contributed by atoms with Gasteiger partial charge in [0.1, 0.15) is 0 Å². The first kappa shape index (κ1) is 19.4. The summed E-state index contributed by atoms with van der Waals surface area (Å²) in [5.41, 5.74) is 4.82. The maximum atomic E-state index is 13.4. The van der Waals surface area contributed by atoms with E-state index in [2.05, 4.69) is 15.9 Å². The summed E-state index contributed by atoms with van der Waals surface area (Å²) in [6, 6.07) is 9.16. The minimum atomic E-state index is -0.991. The van der Waals surface area contributed by atoms with Crippen LogP contribution in [0.4, 0.5) is 16.2 Å². The zero-order chi connectivity index (χ0) is 19.9. The number of aryl methyl sites for hydroxylation is 3. The summed E-state index contributed by atoms with van der Waals surface area (Å²) in [5, 5.41) is 9.78. The van der Waals surface area contributed by atoms with Crippen molar-refractivity contribution in [2.45, 2.75) is 40.2 Å². The first-order valence-corrected chi connectivity index (χ1v) is 9.75. The number of anilines is 2. The molecule has 0 aliphatic carbocycles. The van der Waals surface area contributed by atoms with Crippen molar-refractivity contribution in [3.63, 3.8) is 0 Å². The zero-order valence-electron chi connectivity index (χ0n) is 15.9. The van der Waals surface area contributed by atoms with Gasteiger partial charge >= 0.3 is 6.09 Å². The fraction of sp³-hybridized carbons (Fsp3) is 0.333. The summed E-state index contributed by atoms with van der Waals surface area (Å²) in [6.45, 7) is 8.14. The van der Waals surface area contributed by atoms with Gasteiger partial charge in [0.15, 0.2) is 0 Å². The van der Waals surface area contributed by atoms with E-state index in [1.54, 1.807) is 4.90 Å². The van der Waals surface area contributed by atoms with E-state index in [1.165, 1.54) is 4.90 Å². The van der Waals surface area contributed by atoms with E-state index in [-0.39, 0.29) is 11.9 Å². The Morgan fingerprint density at radius 3 is 2.33 bits per heavy atom. The van der Waals surface area contributed by atoms with E-state index in [4.69, 9.17) is 0 Å². The van der Waals surface area contributed by atoms with Crippen LogP contribution in [0.15, 0.2) is 34.8 Å². The van der Waals surface area contributed by atoms with E-state index in [1.807, 2.05) is 58.0 Å². The van der Waals surface area contributed by atoms with Gasteiger partial charge in [0.2, 0.25) is 0 Å². The van der Waals surface area contributed by atoms with Crippen LogP contribution in [0.1, 0.15) is 40.4 Å². The standard InChI is InChI=1S/C21H23BrN2O3/c1-5-15-11-23(20(25)16-8-12(2)6-7-17(16)22)18-9-13(3)14(4)10-19(18)24(15)21(26)27/h6-10,15H,5,11H2,1-4H3,(H,26,27). The van der Waals surface area contributed by atoms with Crippen molar-refractivity contribution in [3.8, 4) is 0 Å². The third-order valence-corrected chi connectivity index (χ3v) is 5.87. The Bertz CT molecular complexity index is 926. The molecule has 27 heavy (non-hydrogen) atoms. The number of carbonyl (C=O) groups is 2. The van der Waals surface area contributed by atoms with Crippen molar-refractivity contribution in [2.75, 3.05) is 16.3 Å². The first-order valence-electron chi connectivity index (χ1n) is 8.96. The second kappa shape index (κ2) is 7.35. The average molecular weight is 431 g/mol. The normalized spacial score (nSPS) is 16.3. The third kappa shape index (κ3) is 3.46. The molecule has 142 valence electrons. The van der Waals surface area contributed by atoms with Crippen molar-refractivity contribution < 1.29 is 14.7 Å². The predicted octanol–water partition coefficient (Wildman–Crippen LogP) is 5.30. The van der Waals surface area contributed by atoms with E-state index >= 15 is 0 Å². The van der Waals surface area contributed by atoms with Crippen molar-refractivity contribution in [1.82, 2.24) is 0 Å². The van der Waals surface area contributed by atoms with E-state index < -0.39 is 6.09 Å². The van der Waals surface area contributed by atoms with Gasteiger partial charge in [-0.1, -0.05) is 18.6 Å². The highest BCUT2D eigenvalue weighted by Crippen LogP contribution is 2.39. The van der Waals surface area contributed by atoms with Gasteiger partial charge < -0.3 is 10.0 Å². The summed E-state index contributed by atoms with van der Waals surface area (Å²) in [5.74, 6) is -0.126.